The Morgan fingerprint density at radius 3 is 2.38 bits per heavy atom. The van der Waals surface area contributed by atoms with Crippen LogP contribution in [-0.4, -0.2) is 26.2 Å². The van der Waals surface area contributed by atoms with Crippen molar-refractivity contribution in [1.82, 2.24) is 9.97 Å². The molecular formula is C16H18N2O3. The summed E-state index contributed by atoms with van der Waals surface area (Å²) in [4.78, 5) is 19.9. The summed E-state index contributed by atoms with van der Waals surface area (Å²) in [5.74, 6) is -0.605. The van der Waals surface area contributed by atoms with Crippen molar-refractivity contribution in [3.63, 3.8) is 0 Å². The molecule has 0 aliphatic carbocycles. The lowest BCUT2D eigenvalue weighted by Gasteiger charge is -2.13. The lowest BCUT2D eigenvalue weighted by Crippen LogP contribution is -2.15. The number of aromatic nitrogens is 2. The van der Waals surface area contributed by atoms with E-state index >= 15 is 0 Å². The van der Waals surface area contributed by atoms with Gasteiger partial charge in [-0.15, -0.1) is 0 Å². The highest BCUT2D eigenvalue weighted by molar-refractivity contribution is 5.70. The molecule has 1 unspecified atom stereocenters. The predicted molar refractivity (Wildman–Crippen MR) is 79.1 cm³/mol. The van der Waals surface area contributed by atoms with Crippen LogP contribution < -0.4 is 0 Å². The topological polar surface area (TPSA) is 83.3 Å². The highest BCUT2D eigenvalue weighted by Gasteiger charge is 2.17. The van der Waals surface area contributed by atoms with Gasteiger partial charge < -0.3 is 10.2 Å². The Kier molecular flexibility index (Phi) is 4.21. The molecule has 5 heteroatoms. The molecule has 0 fully saturated rings. The van der Waals surface area contributed by atoms with Crippen molar-refractivity contribution in [2.45, 2.75) is 27.2 Å². The largest absolute Gasteiger partial charge is 0.508 e. The molecule has 1 heterocycles. The number of nitrogens with zero attached hydrogens (tertiary/aromatic N) is 2. The first-order valence-electron chi connectivity index (χ1n) is 6.74. The van der Waals surface area contributed by atoms with E-state index < -0.39 is 11.9 Å². The average Bonchev–Trinajstić information content (AvgIpc) is 2.42. The maximum atomic E-state index is 11.0. The van der Waals surface area contributed by atoms with Crippen molar-refractivity contribution in [3.8, 4) is 17.1 Å². The maximum absolute atomic E-state index is 11.0. The molecule has 0 bridgehead atoms. The number of hydrogen-bond donors (Lipinski definition) is 2. The van der Waals surface area contributed by atoms with E-state index in [9.17, 15) is 9.90 Å². The Labute approximate surface area is 123 Å². The fourth-order valence-electron chi connectivity index (χ4n) is 2.20. The number of carboxylic acid groups (broad SMARTS) is 1. The van der Waals surface area contributed by atoms with Crippen molar-refractivity contribution in [2.24, 2.45) is 5.92 Å². The van der Waals surface area contributed by atoms with Crippen molar-refractivity contribution < 1.29 is 15.0 Å². The van der Waals surface area contributed by atoms with Gasteiger partial charge in [-0.3, -0.25) is 4.79 Å². The molecule has 2 N–H and O–H groups in total. The molecule has 21 heavy (non-hydrogen) atoms. The lowest BCUT2D eigenvalue weighted by molar-refractivity contribution is -0.141. The first-order chi connectivity index (χ1) is 9.88. The van der Waals surface area contributed by atoms with Gasteiger partial charge in [0.1, 0.15) is 5.75 Å². The van der Waals surface area contributed by atoms with Gasteiger partial charge in [0.15, 0.2) is 5.82 Å². The van der Waals surface area contributed by atoms with Crippen molar-refractivity contribution in [1.29, 1.82) is 0 Å². The van der Waals surface area contributed by atoms with Crippen LogP contribution in [-0.2, 0) is 11.2 Å². The summed E-state index contributed by atoms with van der Waals surface area (Å²) in [6, 6.07) is 6.76. The van der Waals surface area contributed by atoms with E-state index in [4.69, 9.17) is 5.11 Å². The fourth-order valence-corrected chi connectivity index (χ4v) is 2.20. The normalized spacial score (nSPS) is 12.1. The average molecular weight is 286 g/mol. The monoisotopic (exact) mass is 286 g/mol. The molecule has 0 spiro atoms. The first kappa shape index (κ1) is 15.0. The summed E-state index contributed by atoms with van der Waals surface area (Å²) in [5, 5.41) is 18.5. The Bertz CT molecular complexity index is 660. The van der Waals surface area contributed by atoms with Gasteiger partial charge in [-0.2, -0.15) is 0 Å². The van der Waals surface area contributed by atoms with Gasteiger partial charge in [0, 0.05) is 17.0 Å². The van der Waals surface area contributed by atoms with Crippen LogP contribution in [0.4, 0.5) is 0 Å². The molecule has 110 valence electrons. The second kappa shape index (κ2) is 5.91. The Morgan fingerprint density at radius 1 is 1.24 bits per heavy atom. The molecule has 1 atom stereocenters. The predicted octanol–water partition coefficient (Wildman–Crippen LogP) is 2.73. The van der Waals surface area contributed by atoms with E-state index in [-0.39, 0.29) is 5.75 Å². The van der Waals surface area contributed by atoms with E-state index in [2.05, 4.69) is 9.97 Å². The van der Waals surface area contributed by atoms with Crippen LogP contribution in [0.5, 0.6) is 5.75 Å². The van der Waals surface area contributed by atoms with E-state index in [1.807, 2.05) is 19.9 Å². The molecule has 0 saturated carbocycles. The number of phenolic OH excluding ortho intramolecular Hbond substituents is 1. The summed E-state index contributed by atoms with van der Waals surface area (Å²) < 4.78 is 0. The molecule has 0 aliphatic heterocycles. The summed E-state index contributed by atoms with van der Waals surface area (Å²) >= 11 is 0. The number of rotatable bonds is 4. The highest BCUT2D eigenvalue weighted by atomic mass is 16.4. The Morgan fingerprint density at radius 2 is 1.86 bits per heavy atom. The molecular weight excluding hydrogens is 268 g/mol. The Hall–Kier alpha value is -2.43. The molecule has 2 aromatic rings. The first-order valence-corrected chi connectivity index (χ1v) is 6.74. The SMILES string of the molecule is Cc1nc(-c2cccc(O)c2)nc(C)c1CC(C)C(=O)O. The number of benzene rings is 1. The molecule has 1 aromatic carbocycles. The van der Waals surface area contributed by atoms with Crippen LogP contribution in [0.2, 0.25) is 0 Å². The summed E-state index contributed by atoms with van der Waals surface area (Å²) in [5.41, 5.74) is 3.15. The lowest BCUT2D eigenvalue weighted by atomic mass is 9.99. The summed E-state index contributed by atoms with van der Waals surface area (Å²) in [7, 11) is 0. The van der Waals surface area contributed by atoms with Gasteiger partial charge in [-0.05, 0) is 38.0 Å². The molecule has 0 saturated heterocycles. The van der Waals surface area contributed by atoms with Crippen LogP contribution in [0.15, 0.2) is 24.3 Å². The quantitative estimate of drug-likeness (QED) is 0.903. The van der Waals surface area contributed by atoms with E-state index in [0.29, 0.717) is 12.2 Å². The zero-order valence-electron chi connectivity index (χ0n) is 12.3. The third-order valence-corrected chi connectivity index (χ3v) is 3.46. The third-order valence-electron chi connectivity index (χ3n) is 3.46. The van der Waals surface area contributed by atoms with Gasteiger partial charge in [-0.1, -0.05) is 19.1 Å². The van der Waals surface area contributed by atoms with Crippen LogP contribution >= 0.6 is 0 Å². The second-order valence-electron chi connectivity index (χ2n) is 5.19. The number of phenols is 1. The number of carbonyl (C=O) groups is 1. The van der Waals surface area contributed by atoms with Gasteiger partial charge in [0.05, 0.1) is 5.92 Å². The summed E-state index contributed by atoms with van der Waals surface area (Å²) in [6.45, 7) is 5.38. The molecule has 2 rings (SSSR count). The second-order valence-corrected chi connectivity index (χ2v) is 5.19. The molecule has 1 aromatic heterocycles. The Balaban J connectivity index is 2.39. The minimum absolute atomic E-state index is 0.162. The van der Waals surface area contributed by atoms with E-state index in [1.165, 1.54) is 0 Å². The minimum atomic E-state index is -0.828. The zero-order valence-corrected chi connectivity index (χ0v) is 12.3. The van der Waals surface area contributed by atoms with Gasteiger partial charge in [0.2, 0.25) is 0 Å². The van der Waals surface area contributed by atoms with Crippen LogP contribution in [0.25, 0.3) is 11.4 Å². The fraction of sp³-hybridized carbons (Fsp3) is 0.312. The van der Waals surface area contributed by atoms with Gasteiger partial charge in [-0.25, -0.2) is 9.97 Å². The molecule has 0 amide bonds. The smallest absolute Gasteiger partial charge is 0.306 e. The van der Waals surface area contributed by atoms with Crippen molar-refractivity contribution in [3.05, 3.63) is 41.2 Å². The van der Waals surface area contributed by atoms with Gasteiger partial charge in [0.25, 0.3) is 0 Å². The zero-order chi connectivity index (χ0) is 15.6. The summed E-state index contributed by atoms with van der Waals surface area (Å²) in [6.07, 6.45) is 0.410. The molecule has 5 nitrogen and oxygen atoms in total. The van der Waals surface area contributed by atoms with Crippen molar-refractivity contribution >= 4 is 5.97 Å². The van der Waals surface area contributed by atoms with Gasteiger partial charge >= 0.3 is 5.97 Å². The number of hydrogen-bond acceptors (Lipinski definition) is 4. The highest BCUT2D eigenvalue weighted by Crippen LogP contribution is 2.23. The third kappa shape index (κ3) is 3.37. The van der Waals surface area contributed by atoms with Crippen molar-refractivity contribution in [2.75, 3.05) is 0 Å². The van der Waals surface area contributed by atoms with Crippen LogP contribution in [0, 0.1) is 19.8 Å². The van der Waals surface area contributed by atoms with Crippen LogP contribution in [0.1, 0.15) is 23.9 Å². The number of aromatic hydroxyl groups is 1. The number of aryl methyl sites for hydroxylation is 2. The maximum Gasteiger partial charge on any atom is 0.306 e. The molecule has 0 aliphatic rings. The number of aliphatic carboxylic acids is 1. The molecule has 0 radical (unpaired) electrons. The van der Waals surface area contributed by atoms with E-state index in [1.54, 1.807) is 25.1 Å². The van der Waals surface area contributed by atoms with E-state index in [0.717, 1.165) is 22.5 Å². The van der Waals surface area contributed by atoms with Crippen LogP contribution in [0.3, 0.4) is 0 Å². The minimum Gasteiger partial charge on any atom is -0.508 e. The number of carboxylic acids is 1. The standard InChI is InChI=1S/C16H18N2O3/c1-9(16(20)21)7-14-10(2)17-15(18-11(14)3)12-5-4-6-13(19)8-12/h4-6,8-9,19H,7H2,1-3H3,(H,20,21).